The van der Waals surface area contributed by atoms with E-state index in [1.165, 1.54) is 0 Å². The zero-order chi connectivity index (χ0) is 13.5. The number of hydrogen-bond donors (Lipinski definition) is 2. The molecule has 98 valence electrons. The van der Waals surface area contributed by atoms with Gasteiger partial charge in [-0.05, 0) is 47.0 Å². The smallest absolute Gasteiger partial charge is 0.252 e. The Kier molecular flexibility index (Phi) is 6.15. The van der Waals surface area contributed by atoms with Crippen LogP contribution in [0.1, 0.15) is 29.6 Å². The lowest BCUT2D eigenvalue weighted by Gasteiger charge is -2.06. The van der Waals surface area contributed by atoms with Gasteiger partial charge in [0, 0.05) is 22.5 Å². The summed E-state index contributed by atoms with van der Waals surface area (Å²) in [5.41, 5.74) is 5.55. The van der Waals surface area contributed by atoms with Gasteiger partial charge in [-0.15, -0.1) is 0 Å². The van der Waals surface area contributed by atoms with E-state index in [0.717, 1.165) is 6.42 Å². The molecule has 4 nitrogen and oxygen atoms in total. The van der Waals surface area contributed by atoms with Crippen molar-refractivity contribution in [3.05, 3.63) is 33.3 Å². The van der Waals surface area contributed by atoms with Crippen molar-refractivity contribution in [1.82, 2.24) is 5.32 Å². The van der Waals surface area contributed by atoms with Crippen LogP contribution in [-0.2, 0) is 4.79 Å². The number of carbonyl (C=O) groups is 2. The Labute approximate surface area is 119 Å². The molecule has 0 aliphatic rings. The van der Waals surface area contributed by atoms with E-state index in [-0.39, 0.29) is 11.8 Å². The van der Waals surface area contributed by atoms with Crippen molar-refractivity contribution in [3.63, 3.8) is 0 Å². The van der Waals surface area contributed by atoms with E-state index in [1.807, 2.05) is 0 Å². The molecule has 3 N–H and O–H groups in total. The molecule has 0 spiro atoms. The van der Waals surface area contributed by atoms with Gasteiger partial charge in [0.15, 0.2) is 0 Å². The Balaban J connectivity index is 2.39. The molecule has 0 bridgehead atoms. The molecule has 6 heteroatoms. The van der Waals surface area contributed by atoms with Gasteiger partial charge in [0.2, 0.25) is 5.91 Å². The molecule has 0 atom stereocenters. The molecule has 1 aromatic rings. The number of unbranched alkanes of at least 4 members (excludes halogenated alkanes) is 1. The summed E-state index contributed by atoms with van der Waals surface area (Å²) in [5.74, 6) is -0.487. The molecule has 2 amide bonds. The SMILES string of the molecule is NC(=O)CCCCNC(=O)c1ccc(Cl)cc1Br. The molecular weight excluding hydrogens is 320 g/mol. The average molecular weight is 334 g/mol. The second kappa shape index (κ2) is 7.38. The second-order valence-electron chi connectivity index (χ2n) is 3.80. The first-order valence-electron chi connectivity index (χ1n) is 5.52. The summed E-state index contributed by atoms with van der Waals surface area (Å²) < 4.78 is 0.657. The van der Waals surface area contributed by atoms with Gasteiger partial charge in [-0.3, -0.25) is 9.59 Å². The lowest BCUT2D eigenvalue weighted by atomic mass is 10.2. The second-order valence-corrected chi connectivity index (χ2v) is 5.09. The molecule has 0 unspecified atom stereocenters. The largest absolute Gasteiger partial charge is 0.370 e. The molecule has 0 aliphatic heterocycles. The van der Waals surface area contributed by atoms with Crippen LogP contribution in [0, 0.1) is 0 Å². The molecule has 0 fully saturated rings. The van der Waals surface area contributed by atoms with Crippen molar-refractivity contribution >= 4 is 39.3 Å². The van der Waals surface area contributed by atoms with Gasteiger partial charge < -0.3 is 11.1 Å². The van der Waals surface area contributed by atoms with Gasteiger partial charge >= 0.3 is 0 Å². The van der Waals surface area contributed by atoms with E-state index in [2.05, 4.69) is 21.2 Å². The number of amides is 2. The zero-order valence-corrected chi connectivity index (χ0v) is 12.1. The highest BCUT2D eigenvalue weighted by atomic mass is 79.9. The standard InChI is InChI=1S/C12H14BrClN2O2/c13-10-7-8(14)4-5-9(10)12(18)16-6-2-1-3-11(15)17/h4-5,7H,1-3,6H2,(H2,15,17)(H,16,18). The quantitative estimate of drug-likeness (QED) is 0.785. The van der Waals surface area contributed by atoms with E-state index in [1.54, 1.807) is 18.2 Å². The van der Waals surface area contributed by atoms with Crippen LogP contribution in [0.15, 0.2) is 22.7 Å². The molecule has 1 rings (SSSR count). The van der Waals surface area contributed by atoms with Crippen LogP contribution in [-0.4, -0.2) is 18.4 Å². The maximum Gasteiger partial charge on any atom is 0.252 e. The maximum absolute atomic E-state index is 11.8. The Morgan fingerprint density at radius 1 is 1.33 bits per heavy atom. The molecule has 18 heavy (non-hydrogen) atoms. The summed E-state index contributed by atoms with van der Waals surface area (Å²) in [5, 5.41) is 3.34. The minimum absolute atomic E-state index is 0.169. The van der Waals surface area contributed by atoms with Crippen molar-refractivity contribution in [2.75, 3.05) is 6.54 Å². The monoisotopic (exact) mass is 332 g/mol. The first-order valence-corrected chi connectivity index (χ1v) is 6.69. The summed E-state index contributed by atoms with van der Waals surface area (Å²) in [6, 6.07) is 4.99. The summed E-state index contributed by atoms with van der Waals surface area (Å²) >= 11 is 9.07. The summed E-state index contributed by atoms with van der Waals surface area (Å²) in [6.45, 7) is 0.515. The molecule has 0 saturated heterocycles. The molecule has 0 heterocycles. The molecule has 0 aromatic heterocycles. The van der Waals surface area contributed by atoms with Crippen molar-refractivity contribution < 1.29 is 9.59 Å². The summed E-state index contributed by atoms with van der Waals surface area (Å²) in [4.78, 5) is 22.3. The van der Waals surface area contributed by atoms with Gasteiger partial charge in [0.25, 0.3) is 5.91 Å². The average Bonchev–Trinajstić information content (AvgIpc) is 2.27. The van der Waals surface area contributed by atoms with Crippen LogP contribution >= 0.6 is 27.5 Å². The van der Waals surface area contributed by atoms with Crippen LogP contribution in [0.3, 0.4) is 0 Å². The first-order chi connectivity index (χ1) is 8.50. The molecular formula is C12H14BrClN2O2. The predicted octanol–water partition coefficient (Wildman–Crippen LogP) is 2.49. The Morgan fingerprint density at radius 3 is 2.67 bits per heavy atom. The van der Waals surface area contributed by atoms with E-state index in [9.17, 15) is 9.59 Å². The van der Waals surface area contributed by atoms with Crippen LogP contribution in [0.4, 0.5) is 0 Å². The fourth-order valence-electron chi connectivity index (χ4n) is 1.39. The number of benzene rings is 1. The van der Waals surface area contributed by atoms with Crippen LogP contribution in [0.25, 0.3) is 0 Å². The Morgan fingerprint density at radius 2 is 2.06 bits per heavy atom. The minimum atomic E-state index is -0.318. The molecule has 0 aliphatic carbocycles. The first kappa shape index (κ1) is 15.0. The number of primary amides is 1. The van der Waals surface area contributed by atoms with Crippen molar-refractivity contribution in [1.29, 1.82) is 0 Å². The third kappa shape index (κ3) is 5.06. The number of hydrogen-bond acceptors (Lipinski definition) is 2. The topological polar surface area (TPSA) is 72.2 Å². The lowest BCUT2D eigenvalue weighted by Crippen LogP contribution is -2.25. The van der Waals surface area contributed by atoms with E-state index >= 15 is 0 Å². The minimum Gasteiger partial charge on any atom is -0.370 e. The third-order valence-electron chi connectivity index (χ3n) is 2.31. The van der Waals surface area contributed by atoms with E-state index < -0.39 is 0 Å². The molecule has 1 aromatic carbocycles. The van der Waals surface area contributed by atoms with Gasteiger partial charge in [-0.2, -0.15) is 0 Å². The highest BCUT2D eigenvalue weighted by Gasteiger charge is 2.09. The van der Waals surface area contributed by atoms with Crippen LogP contribution in [0.5, 0.6) is 0 Å². The predicted molar refractivity (Wildman–Crippen MR) is 74.5 cm³/mol. The normalized spacial score (nSPS) is 10.1. The van der Waals surface area contributed by atoms with Gasteiger partial charge in [0.1, 0.15) is 0 Å². The zero-order valence-electron chi connectivity index (χ0n) is 9.71. The number of carbonyl (C=O) groups excluding carboxylic acids is 2. The van der Waals surface area contributed by atoms with Crippen molar-refractivity contribution in [2.24, 2.45) is 5.73 Å². The lowest BCUT2D eigenvalue weighted by molar-refractivity contribution is -0.118. The number of nitrogens with two attached hydrogens (primary N) is 1. The van der Waals surface area contributed by atoms with Crippen molar-refractivity contribution in [3.8, 4) is 0 Å². The fraction of sp³-hybridized carbons (Fsp3) is 0.333. The maximum atomic E-state index is 11.8. The van der Waals surface area contributed by atoms with E-state index in [4.69, 9.17) is 17.3 Å². The number of rotatable bonds is 6. The summed E-state index contributed by atoms with van der Waals surface area (Å²) in [6.07, 6.45) is 1.75. The highest BCUT2D eigenvalue weighted by Crippen LogP contribution is 2.21. The Hall–Kier alpha value is -1.07. The van der Waals surface area contributed by atoms with Crippen LogP contribution < -0.4 is 11.1 Å². The van der Waals surface area contributed by atoms with Gasteiger partial charge in [-0.25, -0.2) is 0 Å². The van der Waals surface area contributed by atoms with Gasteiger partial charge in [0.05, 0.1) is 5.56 Å². The fourth-order valence-corrected chi connectivity index (χ4v) is 2.26. The Bertz CT molecular complexity index is 452. The van der Waals surface area contributed by atoms with Gasteiger partial charge in [-0.1, -0.05) is 11.6 Å². The van der Waals surface area contributed by atoms with Crippen LogP contribution in [0.2, 0.25) is 5.02 Å². The molecule has 0 saturated carbocycles. The molecule has 0 radical (unpaired) electrons. The third-order valence-corrected chi connectivity index (χ3v) is 3.20. The van der Waals surface area contributed by atoms with Crippen molar-refractivity contribution in [2.45, 2.75) is 19.3 Å². The highest BCUT2D eigenvalue weighted by molar-refractivity contribution is 9.10. The van der Waals surface area contributed by atoms with E-state index in [0.29, 0.717) is 34.4 Å². The number of nitrogens with one attached hydrogen (secondary N) is 1. The summed E-state index contributed by atoms with van der Waals surface area (Å²) in [7, 11) is 0. The number of halogens is 2.